The van der Waals surface area contributed by atoms with Crippen LogP contribution in [-0.2, 0) is 11.0 Å². The summed E-state index contributed by atoms with van der Waals surface area (Å²) >= 11 is 1.19. The van der Waals surface area contributed by atoms with E-state index in [9.17, 15) is 23.2 Å². The zero-order valence-electron chi connectivity index (χ0n) is 15.2. The number of alkyl halides is 3. The lowest BCUT2D eigenvalue weighted by Crippen LogP contribution is -2.44. The van der Waals surface area contributed by atoms with Crippen LogP contribution in [-0.4, -0.2) is 27.7 Å². The summed E-state index contributed by atoms with van der Waals surface area (Å²) in [6.45, 7) is 2.99. The minimum Gasteiger partial charge on any atom is -0.368 e. The Morgan fingerprint density at radius 2 is 1.96 bits per heavy atom. The molecule has 0 bridgehead atoms. The number of thioether (sulfide) groups is 1. The number of anilines is 3. The molecule has 0 fully saturated rings. The lowest BCUT2D eigenvalue weighted by Gasteiger charge is -2.26. The SMILES string of the molecule is CSc1nc(N)nc(NC(C)(C)C(=O)Nc2cccc(C(F)(F)F)c2)c1C#N. The van der Waals surface area contributed by atoms with Gasteiger partial charge in [0.2, 0.25) is 11.9 Å². The summed E-state index contributed by atoms with van der Waals surface area (Å²) in [6.07, 6.45) is -2.82. The molecular weight excluding hydrogens is 393 g/mol. The van der Waals surface area contributed by atoms with Crippen LogP contribution in [0, 0.1) is 11.3 Å². The Balaban J connectivity index is 2.28. The molecule has 0 aliphatic carbocycles. The van der Waals surface area contributed by atoms with Crippen molar-refractivity contribution in [3.8, 4) is 6.07 Å². The van der Waals surface area contributed by atoms with E-state index in [-0.39, 0.29) is 23.0 Å². The smallest absolute Gasteiger partial charge is 0.368 e. The molecule has 0 saturated heterocycles. The average molecular weight is 410 g/mol. The van der Waals surface area contributed by atoms with Gasteiger partial charge in [0.25, 0.3) is 0 Å². The summed E-state index contributed by atoms with van der Waals surface area (Å²) in [5, 5.41) is 15.0. The molecule has 2 rings (SSSR count). The van der Waals surface area contributed by atoms with E-state index in [0.29, 0.717) is 5.03 Å². The molecule has 2 aromatic rings. The van der Waals surface area contributed by atoms with Gasteiger partial charge in [0, 0.05) is 5.69 Å². The Labute approximate surface area is 163 Å². The van der Waals surface area contributed by atoms with E-state index in [1.165, 1.54) is 37.7 Å². The molecule has 0 unspecified atom stereocenters. The standard InChI is InChI=1S/C17H17F3N6OS/c1-16(2,26-12-11(8-21)13(28-3)25-15(22)24-12)14(27)23-10-6-4-5-9(7-10)17(18,19)20/h4-7H,1-3H3,(H,23,27)(H3,22,24,25,26). The molecular formula is C17H17F3N6OS. The summed E-state index contributed by atoms with van der Waals surface area (Å²) in [6, 6.07) is 6.24. The van der Waals surface area contributed by atoms with Crippen molar-refractivity contribution in [1.82, 2.24) is 9.97 Å². The van der Waals surface area contributed by atoms with Crippen molar-refractivity contribution in [3.05, 3.63) is 35.4 Å². The van der Waals surface area contributed by atoms with Gasteiger partial charge in [-0.3, -0.25) is 4.79 Å². The van der Waals surface area contributed by atoms with E-state index in [4.69, 9.17) is 5.73 Å². The number of rotatable bonds is 5. The van der Waals surface area contributed by atoms with Gasteiger partial charge in [-0.15, -0.1) is 11.8 Å². The molecule has 0 radical (unpaired) electrons. The number of nitriles is 1. The summed E-state index contributed by atoms with van der Waals surface area (Å²) in [4.78, 5) is 20.5. The number of hydrogen-bond donors (Lipinski definition) is 3. The topological polar surface area (TPSA) is 117 Å². The number of nitrogens with zero attached hydrogens (tertiary/aromatic N) is 3. The Bertz CT molecular complexity index is 939. The number of benzene rings is 1. The molecule has 1 amide bonds. The van der Waals surface area contributed by atoms with Crippen molar-refractivity contribution in [1.29, 1.82) is 5.26 Å². The number of nitrogen functional groups attached to an aromatic ring is 1. The molecule has 0 spiro atoms. The lowest BCUT2D eigenvalue weighted by atomic mass is 10.0. The second kappa shape index (κ2) is 7.93. The van der Waals surface area contributed by atoms with Crippen LogP contribution in [0.25, 0.3) is 0 Å². The van der Waals surface area contributed by atoms with E-state index in [1.54, 1.807) is 6.26 Å². The fourth-order valence-electron chi connectivity index (χ4n) is 2.21. The number of carbonyl (C=O) groups excluding carboxylic acids is 1. The molecule has 148 valence electrons. The van der Waals surface area contributed by atoms with Crippen LogP contribution in [0.3, 0.4) is 0 Å². The minimum absolute atomic E-state index is 0.0118. The highest BCUT2D eigenvalue weighted by Gasteiger charge is 2.32. The first kappa shape index (κ1) is 21.3. The number of hydrogen-bond acceptors (Lipinski definition) is 7. The Hall–Kier alpha value is -3.00. The van der Waals surface area contributed by atoms with Crippen LogP contribution in [0.1, 0.15) is 25.0 Å². The zero-order valence-corrected chi connectivity index (χ0v) is 16.0. The maximum absolute atomic E-state index is 12.8. The average Bonchev–Trinajstić information content (AvgIpc) is 2.60. The summed E-state index contributed by atoms with van der Waals surface area (Å²) in [5.41, 5.74) is 3.54. The van der Waals surface area contributed by atoms with Crippen LogP contribution in [0.5, 0.6) is 0 Å². The Morgan fingerprint density at radius 1 is 1.29 bits per heavy atom. The van der Waals surface area contributed by atoms with Crippen LogP contribution in [0.4, 0.5) is 30.6 Å². The molecule has 1 aromatic heterocycles. The molecule has 0 aliphatic rings. The van der Waals surface area contributed by atoms with Crippen LogP contribution < -0.4 is 16.4 Å². The third-order valence-corrected chi connectivity index (χ3v) is 4.33. The predicted octanol–water partition coefficient (Wildman–Crippen LogP) is 3.50. The largest absolute Gasteiger partial charge is 0.416 e. The Kier molecular flexibility index (Phi) is 6.04. The third kappa shape index (κ3) is 4.83. The Morgan fingerprint density at radius 3 is 2.54 bits per heavy atom. The first-order valence-electron chi connectivity index (χ1n) is 7.86. The van der Waals surface area contributed by atoms with E-state index >= 15 is 0 Å². The summed E-state index contributed by atoms with van der Waals surface area (Å²) in [5.74, 6) is -0.651. The first-order valence-corrected chi connectivity index (χ1v) is 9.09. The number of amides is 1. The maximum atomic E-state index is 12.8. The number of halogens is 3. The summed E-state index contributed by atoms with van der Waals surface area (Å²) < 4.78 is 38.5. The fraction of sp³-hybridized carbons (Fsp3) is 0.294. The van der Waals surface area contributed by atoms with Gasteiger partial charge in [0.1, 0.15) is 22.2 Å². The van der Waals surface area contributed by atoms with Gasteiger partial charge in [-0.1, -0.05) is 6.07 Å². The van der Waals surface area contributed by atoms with Crippen molar-refractivity contribution in [2.45, 2.75) is 30.6 Å². The maximum Gasteiger partial charge on any atom is 0.416 e. The lowest BCUT2D eigenvalue weighted by molar-refractivity contribution is -0.137. The fourth-order valence-corrected chi connectivity index (χ4v) is 2.74. The number of nitrogens with two attached hydrogens (primary N) is 1. The van der Waals surface area contributed by atoms with Crippen LogP contribution in [0.15, 0.2) is 29.3 Å². The molecule has 0 atom stereocenters. The van der Waals surface area contributed by atoms with Crippen LogP contribution in [0.2, 0.25) is 0 Å². The highest BCUT2D eigenvalue weighted by atomic mass is 32.2. The van der Waals surface area contributed by atoms with Crippen molar-refractivity contribution in [3.63, 3.8) is 0 Å². The third-order valence-electron chi connectivity index (χ3n) is 3.64. The predicted molar refractivity (Wildman–Crippen MR) is 101 cm³/mol. The second-order valence-corrected chi connectivity index (χ2v) is 7.00. The molecule has 28 heavy (non-hydrogen) atoms. The van der Waals surface area contributed by atoms with Gasteiger partial charge < -0.3 is 16.4 Å². The first-order chi connectivity index (χ1) is 13.0. The van der Waals surface area contributed by atoms with Gasteiger partial charge in [0.15, 0.2) is 5.82 Å². The molecule has 0 aliphatic heterocycles. The minimum atomic E-state index is -4.52. The highest BCUT2D eigenvalue weighted by Crippen LogP contribution is 2.31. The number of carbonyl (C=O) groups is 1. The van der Waals surface area contributed by atoms with Gasteiger partial charge in [0.05, 0.1) is 5.56 Å². The highest BCUT2D eigenvalue weighted by molar-refractivity contribution is 7.98. The van der Waals surface area contributed by atoms with E-state index in [2.05, 4.69) is 20.6 Å². The van der Waals surface area contributed by atoms with Gasteiger partial charge in [-0.25, -0.2) is 4.98 Å². The van der Waals surface area contributed by atoms with Crippen molar-refractivity contribution < 1.29 is 18.0 Å². The molecule has 1 aromatic carbocycles. The summed E-state index contributed by atoms with van der Waals surface area (Å²) in [7, 11) is 0. The van der Waals surface area contributed by atoms with E-state index in [1.807, 2.05) is 6.07 Å². The monoisotopic (exact) mass is 410 g/mol. The quantitative estimate of drug-likeness (QED) is 0.510. The van der Waals surface area contributed by atoms with Gasteiger partial charge in [-0.2, -0.15) is 23.4 Å². The van der Waals surface area contributed by atoms with Crippen molar-refractivity contribution >= 4 is 35.1 Å². The molecule has 11 heteroatoms. The number of aromatic nitrogens is 2. The normalized spacial score (nSPS) is 11.6. The van der Waals surface area contributed by atoms with Gasteiger partial charge in [-0.05, 0) is 38.3 Å². The van der Waals surface area contributed by atoms with Gasteiger partial charge >= 0.3 is 6.18 Å². The molecule has 0 saturated carbocycles. The number of nitrogens with one attached hydrogen (secondary N) is 2. The van der Waals surface area contributed by atoms with E-state index in [0.717, 1.165) is 12.1 Å². The zero-order chi connectivity index (χ0) is 21.1. The molecule has 4 N–H and O–H groups in total. The molecule has 1 heterocycles. The van der Waals surface area contributed by atoms with Crippen molar-refractivity contribution in [2.75, 3.05) is 22.6 Å². The van der Waals surface area contributed by atoms with Crippen LogP contribution >= 0.6 is 11.8 Å². The van der Waals surface area contributed by atoms with Crippen molar-refractivity contribution in [2.24, 2.45) is 0 Å². The van der Waals surface area contributed by atoms with E-state index < -0.39 is 23.2 Å². The molecule has 7 nitrogen and oxygen atoms in total. The second-order valence-electron chi connectivity index (χ2n) is 6.21.